The fraction of sp³-hybridized carbons (Fsp3) is 0.571. The SMILES string of the molecule is CC(F)(Cc1ccc(O)cc1)C1CCNCC1. The molecule has 1 unspecified atom stereocenters. The highest BCUT2D eigenvalue weighted by Gasteiger charge is 2.34. The predicted molar refractivity (Wildman–Crippen MR) is 66.9 cm³/mol. The molecule has 0 amide bonds. The molecular weight excluding hydrogens is 217 g/mol. The van der Waals surface area contributed by atoms with E-state index in [9.17, 15) is 9.50 Å². The molecule has 0 radical (unpaired) electrons. The highest BCUT2D eigenvalue weighted by molar-refractivity contribution is 5.27. The van der Waals surface area contributed by atoms with Crippen LogP contribution >= 0.6 is 0 Å². The zero-order chi connectivity index (χ0) is 12.3. The summed E-state index contributed by atoms with van der Waals surface area (Å²) in [4.78, 5) is 0. The van der Waals surface area contributed by atoms with Crippen LogP contribution < -0.4 is 5.32 Å². The zero-order valence-electron chi connectivity index (χ0n) is 10.2. The first-order valence-corrected chi connectivity index (χ1v) is 6.25. The standard InChI is InChI=1S/C14H20FNO/c1-14(15,12-6-8-16-9-7-12)10-11-2-4-13(17)5-3-11/h2-5,12,16-17H,6-10H2,1H3. The maximum atomic E-state index is 14.7. The summed E-state index contributed by atoms with van der Waals surface area (Å²) in [5.74, 6) is 0.369. The van der Waals surface area contributed by atoms with Crippen LogP contribution in [0.25, 0.3) is 0 Å². The number of alkyl halides is 1. The monoisotopic (exact) mass is 237 g/mol. The van der Waals surface area contributed by atoms with Crippen molar-refractivity contribution >= 4 is 0 Å². The number of nitrogens with one attached hydrogen (secondary N) is 1. The van der Waals surface area contributed by atoms with Crippen LogP contribution in [-0.2, 0) is 6.42 Å². The van der Waals surface area contributed by atoms with Crippen LogP contribution in [0.1, 0.15) is 25.3 Å². The van der Waals surface area contributed by atoms with Gasteiger partial charge in [0.25, 0.3) is 0 Å². The Balaban J connectivity index is 2.02. The van der Waals surface area contributed by atoms with Crippen molar-refractivity contribution in [3.05, 3.63) is 29.8 Å². The average Bonchev–Trinajstić information content (AvgIpc) is 2.33. The van der Waals surface area contributed by atoms with Crippen molar-refractivity contribution in [3.8, 4) is 5.75 Å². The van der Waals surface area contributed by atoms with Gasteiger partial charge in [0.1, 0.15) is 11.4 Å². The van der Waals surface area contributed by atoms with Crippen molar-refractivity contribution in [2.45, 2.75) is 31.9 Å². The van der Waals surface area contributed by atoms with Gasteiger partial charge < -0.3 is 10.4 Å². The summed E-state index contributed by atoms with van der Waals surface area (Å²) in [6.45, 7) is 3.54. The third-order valence-corrected chi connectivity index (χ3v) is 3.68. The fourth-order valence-corrected chi connectivity index (χ4v) is 2.58. The van der Waals surface area contributed by atoms with Crippen LogP contribution in [0.5, 0.6) is 5.75 Å². The van der Waals surface area contributed by atoms with E-state index in [0.717, 1.165) is 31.5 Å². The summed E-state index contributed by atoms with van der Waals surface area (Å²) in [6.07, 6.45) is 2.24. The van der Waals surface area contributed by atoms with Gasteiger partial charge in [-0.2, -0.15) is 0 Å². The fourth-order valence-electron chi connectivity index (χ4n) is 2.58. The Morgan fingerprint density at radius 2 is 1.88 bits per heavy atom. The van der Waals surface area contributed by atoms with Crippen LogP contribution in [0.15, 0.2) is 24.3 Å². The van der Waals surface area contributed by atoms with Crippen molar-refractivity contribution in [1.29, 1.82) is 0 Å². The largest absolute Gasteiger partial charge is 0.508 e. The molecule has 0 spiro atoms. The van der Waals surface area contributed by atoms with E-state index in [4.69, 9.17) is 0 Å². The molecule has 1 fully saturated rings. The Bertz CT molecular complexity index is 355. The topological polar surface area (TPSA) is 32.3 Å². The predicted octanol–water partition coefficient (Wildman–Crippen LogP) is 2.66. The highest BCUT2D eigenvalue weighted by atomic mass is 19.1. The Hall–Kier alpha value is -1.09. The molecule has 2 N–H and O–H groups in total. The number of benzene rings is 1. The molecule has 0 bridgehead atoms. The molecule has 2 rings (SSSR count). The number of phenolic OH excluding ortho intramolecular Hbond substituents is 1. The molecule has 1 atom stereocenters. The van der Waals surface area contributed by atoms with Gasteiger partial charge in [0.05, 0.1) is 0 Å². The first-order chi connectivity index (χ1) is 8.08. The molecule has 94 valence electrons. The lowest BCUT2D eigenvalue weighted by molar-refractivity contribution is 0.0796. The second kappa shape index (κ2) is 5.05. The second-order valence-corrected chi connectivity index (χ2v) is 5.15. The van der Waals surface area contributed by atoms with Crippen molar-refractivity contribution in [2.75, 3.05) is 13.1 Å². The van der Waals surface area contributed by atoms with Gasteiger partial charge in [0.2, 0.25) is 0 Å². The molecule has 1 aliphatic rings. The van der Waals surface area contributed by atoms with Crippen molar-refractivity contribution in [2.24, 2.45) is 5.92 Å². The van der Waals surface area contributed by atoms with Crippen LogP contribution in [-0.4, -0.2) is 23.9 Å². The normalized spacial score (nSPS) is 21.1. The van der Waals surface area contributed by atoms with E-state index >= 15 is 0 Å². The third-order valence-electron chi connectivity index (χ3n) is 3.68. The van der Waals surface area contributed by atoms with Crippen molar-refractivity contribution < 1.29 is 9.50 Å². The Morgan fingerprint density at radius 3 is 2.47 bits per heavy atom. The number of piperidine rings is 1. The van der Waals surface area contributed by atoms with Gasteiger partial charge in [0.15, 0.2) is 0 Å². The van der Waals surface area contributed by atoms with Crippen molar-refractivity contribution in [3.63, 3.8) is 0 Å². The molecule has 17 heavy (non-hydrogen) atoms. The van der Waals surface area contributed by atoms with Gasteiger partial charge in [0, 0.05) is 6.42 Å². The van der Waals surface area contributed by atoms with Gasteiger partial charge >= 0.3 is 0 Å². The summed E-state index contributed by atoms with van der Waals surface area (Å²) in [7, 11) is 0. The molecule has 1 heterocycles. The van der Waals surface area contributed by atoms with E-state index in [0.29, 0.717) is 6.42 Å². The van der Waals surface area contributed by atoms with E-state index in [1.165, 1.54) is 0 Å². The molecule has 1 aliphatic heterocycles. The van der Waals surface area contributed by atoms with E-state index < -0.39 is 5.67 Å². The van der Waals surface area contributed by atoms with Crippen LogP contribution in [0, 0.1) is 5.92 Å². The summed E-state index contributed by atoms with van der Waals surface area (Å²) < 4.78 is 14.7. The van der Waals surface area contributed by atoms with Crippen molar-refractivity contribution in [1.82, 2.24) is 5.32 Å². The van der Waals surface area contributed by atoms with Gasteiger partial charge in [-0.3, -0.25) is 0 Å². The van der Waals surface area contributed by atoms with Gasteiger partial charge in [-0.25, -0.2) is 4.39 Å². The Kier molecular flexibility index (Phi) is 3.67. The number of aromatic hydroxyl groups is 1. The number of rotatable bonds is 3. The molecular formula is C14H20FNO. The summed E-state index contributed by atoms with van der Waals surface area (Å²) in [6, 6.07) is 6.84. The van der Waals surface area contributed by atoms with Crippen LogP contribution in [0.4, 0.5) is 4.39 Å². The van der Waals surface area contributed by atoms with Gasteiger partial charge in [-0.1, -0.05) is 12.1 Å². The average molecular weight is 237 g/mol. The minimum Gasteiger partial charge on any atom is -0.508 e. The molecule has 0 aliphatic carbocycles. The summed E-state index contributed by atoms with van der Waals surface area (Å²) >= 11 is 0. The number of hydrogen-bond acceptors (Lipinski definition) is 2. The van der Waals surface area contributed by atoms with E-state index in [1.807, 2.05) is 0 Å². The second-order valence-electron chi connectivity index (χ2n) is 5.15. The quantitative estimate of drug-likeness (QED) is 0.847. The van der Waals surface area contributed by atoms with Crippen LogP contribution in [0.2, 0.25) is 0 Å². The van der Waals surface area contributed by atoms with Gasteiger partial charge in [-0.05, 0) is 56.5 Å². The third kappa shape index (κ3) is 3.19. The zero-order valence-corrected chi connectivity index (χ0v) is 10.2. The maximum absolute atomic E-state index is 14.7. The molecule has 3 heteroatoms. The summed E-state index contributed by atoms with van der Waals surface area (Å²) in [5.41, 5.74) is -0.203. The molecule has 1 aromatic carbocycles. The molecule has 2 nitrogen and oxygen atoms in total. The van der Waals surface area contributed by atoms with E-state index in [1.54, 1.807) is 31.2 Å². The first kappa shape index (κ1) is 12.4. The van der Waals surface area contributed by atoms with E-state index in [2.05, 4.69) is 5.32 Å². The lowest BCUT2D eigenvalue weighted by Crippen LogP contribution is -2.40. The first-order valence-electron chi connectivity index (χ1n) is 6.25. The number of hydrogen-bond donors (Lipinski definition) is 2. The van der Waals surface area contributed by atoms with Gasteiger partial charge in [-0.15, -0.1) is 0 Å². The Morgan fingerprint density at radius 1 is 1.29 bits per heavy atom. The summed E-state index contributed by atoms with van der Waals surface area (Å²) in [5, 5.41) is 12.5. The van der Waals surface area contributed by atoms with E-state index in [-0.39, 0.29) is 11.7 Å². The molecule has 1 saturated heterocycles. The van der Waals surface area contributed by atoms with Crippen LogP contribution in [0.3, 0.4) is 0 Å². The molecule has 0 aromatic heterocycles. The molecule has 1 aromatic rings. The highest BCUT2D eigenvalue weighted by Crippen LogP contribution is 2.32. The lowest BCUT2D eigenvalue weighted by atomic mass is 9.80. The minimum absolute atomic E-state index is 0.137. The maximum Gasteiger partial charge on any atom is 0.115 e. The number of phenols is 1. The minimum atomic E-state index is -1.15. The lowest BCUT2D eigenvalue weighted by Gasteiger charge is -2.34. The smallest absolute Gasteiger partial charge is 0.115 e. The Labute approximate surface area is 102 Å². The number of halogens is 1. The molecule has 0 saturated carbocycles.